The quantitative estimate of drug-likeness (QED) is 0.563. The molecule has 6 nitrogen and oxygen atoms in total. The lowest BCUT2D eigenvalue weighted by Crippen LogP contribution is -2.23. The van der Waals surface area contributed by atoms with Crippen molar-refractivity contribution in [3.05, 3.63) is 67.5 Å². The Labute approximate surface area is 156 Å². The van der Waals surface area contributed by atoms with Crippen molar-refractivity contribution >= 4 is 17.4 Å². The number of pyridine rings is 1. The molecule has 0 spiro atoms. The summed E-state index contributed by atoms with van der Waals surface area (Å²) in [6.07, 6.45) is 12.7. The summed E-state index contributed by atoms with van der Waals surface area (Å²) in [5.41, 5.74) is 5.03. The van der Waals surface area contributed by atoms with Gasteiger partial charge < -0.3 is 4.90 Å². The fourth-order valence-corrected chi connectivity index (χ4v) is 3.48. The fraction of sp³-hybridized carbons (Fsp3) is 0.143. The minimum atomic E-state index is 0.203. The fourth-order valence-electron chi connectivity index (χ4n) is 3.48. The zero-order valence-corrected chi connectivity index (χ0v) is 14.6. The van der Waals surface area contributed by atoms with Crippen molar-refractivity contribution in [2.24, 2.45) is 0 Å². The number of rotatable bonds is 3. The van der Waals surface area contributed by atoms with Gasteiger partial charge in [0.25, 0.3) is 0 Å². The second-order valence-electron chi connectivity index (χ2n) is 6.64. The van der Waals surface area contributed by atoms with E-state index in [-0.39, 0.29) is 5.91 Å². The number of aromatic nitrogens is 4. The van der Waals surface area contributed by atoms with Gasteiger partial charge in [-0.1, -0.05) is 12.1 Å². The van der Waals surface area contributed by atoms with E-state index in [9.17, 15) is 4.79 Å². The Bertz CT molecular complexity index is 1130. The Morgan fingerprint density at radius 2 is 1.70 bits per heavy atom. The molecule has 0 bridgehead atoms. The van der Waals surface area contributed by atoms with Gasteiger partial charge in [0.2, 0.25) is 11.7 Å². The molecule has 27 heavy (non-hydrogen) atoms. The van der Waals surface area contributed by atoms with E-state index in [4.69, 9.17) is 0 Å². The number of amides is 1. The van der Waals surface area contributed by atoms with Crippen molar-refractivity contribution < 1.29 is 4.79 Å². The van der Waals surface area contributed by atoms with Crippen LogP contribution < -0.4 is 4.90 Å². The molecule has 1 aliphatic heterocycles. The van der Waals surface area contributed by atoms with E-state index in [0.29, 0.717) is 12.2 Å². The number of fused-ring (bicyclic) bond motifs is 1. The van der Waals surface area contributed by atoms with E-state index in [1.165, 1.54) is 0 Å². The number of anilines is 1. The first kappa shape index (κ1) is 15.7. The van der Waals surface area contributed by atoms with E-state index in [1.54, 1.807) is 6.20 Å². The summed E-state index contributed by atoms with van der Waals surface area (Å²) in [6, 6.07) is 10.2. The number of carbonyl (C=O) groups excluding carboxylic acids is 1. The summed E-state index contributed by atoms with van der Waals surface area (Å²) in [6.45, 7) is 0.805. The zero-order chi connectivity index (χ0) is 18.2. The number of hydrogen-bond acceptors (Lipinski definition) is 4. The van der Waals surface area contributed by atoms with Crippen molar-refractivity contribution in [1.82, 2.24) is 19.4 Å². The van der Waals surface area contributed by atoms with Crippen molar-refractivity contribution in [3.63, 3.8) is 0 Å². The highest BCUT2D eigenvalue weighted by Gasteiger charge is 2.21. The molecule has 4 aromatic rings. The topological polar surface area (TPSA) is 63.4 Å². The smallest absolute Gasteiger partial charge is 0.233 e. The van der Waals surface area contributed by atoms with Gasteiger partial charge in [-0.25, -0.2) is 9.97 Å². The molecule has 0 atom stereocenters. The number of carbonyl (C=O) groups is 1. The third-order valence-electron chi connectivity index (χ3n) is 4.90. The van der Waals surface area contributed by atoms with Crippen LogP contribution >= 0.6 is 0 Å². The van der Waals surface area contributed by atoms with Gasteiger partial charge in [0.15, 0.2) is 0 Å². The van der Waals surface area contributed by atoms with Crippen molar-refractivity contribution in [1.29, 1.82) is 0 Å². The first-order valence-electron chi connectivity index (χ1n) is 8.93. The minimum absolute atomic E-state index is 0.203. The second-order valence-corrected chi connectivity index (χ2v) is 6.64. The Kier molecular flexibility index (Phi) is 3.67. The number of nitrogens with zero attached hydrogens (tertiary/aromatic N) is 5. The van der Waals surface area contributed by atoms with Crippen LogP contribution in [0, 0.1) is 0 Å². The summed E-state index contributed by atoms with van der Waals surface area (Å²) < 4.78 is 1.89. The average Bonchev–Trinajstić information content (AvgIpc) is 3.36. The van der Waals surface area contributed by atoms with E-state index >= 15 is 0 Å². The summed E-state index contributed by atoms with van der Waals surface area (Å²) in [5.74, 6) is 0.878. The van der Waals surface area contributed by atoms with Gasteiger partial charge in [0.05, 0.1) is 0 Å². The van der Waals surface area contributed by atoms with Crippen LogP contribution in [-0.2, 0) is 4.79 Å². The molecule has 1 fully saturated rings. The highest BCUT2D eigenvalue weighted by molar-refractivity contribution is 5.95. The molecule has 1 aromatic carbocycles. The third kappa shape index (κ3) is 2.85. The molecule has 0 N–H and O–H groups in total. The van der Waals surface area contributed by atoms with Crippen LogP contribution in [0.4, 0.5) is 5.69 Å². The van der Waals surface area contributed by atoms with Crippen LogP contribution in [0.3, 0.4) is 0 Å². The van der Waals surface area contributed by atoms with Gasteiger partial charge in [-0.3, -0.25) is 14.2 Å². The van der Waals surface area contributed by atoms with Crippen LogP contribution in [0.1, 0.15) is 12.8 Å². The minimum Gasteiger partial charge on any atom is -0.312 e. The Hall–Kier alpha value is -3.54. The molecule has 0 radical (unpaired) electrons. The molecule has 3 aromatic heterocycles. The molecular formula is C21H17N5O. The number of imidazole rings is 1. The molecule has 1 aliphatic rings. The van der Waals surface area contributed by atoms with Crippen LogP contribution in [0.25, 0.3) is 28.0 Å². The zero-order valence-electron chi connectivity index (χ0n) is 14.6. The third-order valence-corrected chi connectivity index (χ3v) is 4.90. The first-order valence-corrected chi connectivity index (χ1v) is 8.93. The molecule has 1 amide bonds. The SMILES string of the molecule is O=C1CCCN1c1ccc(-c2cncc(-c3cnc4nccn4c3)c2)cc1. The van der Waals surface area contributed by atoms with Gasteiger partial charge in [0, 0.05) is 72.5 Å². The molecule has 6 heteroatoms. The van der Waals surface area contributed by atoms with E-state index in [1.807, 2.05) is 64.6 Å². The van der Waals surface area contributed by atoms with Crippen molar-refractivity contribution in [3.8, 4) is 22.3 Å². The maximum Gasteiger partial charge on any atom is 0.233 e. The number of benzene rings is 1. The summed E-state index contributed by atoms with van der Waals surface area (Å²) in [4.78, 5) is 26.7. The lowest BCUT2D eigenvalue weighted by Gasteiger charge is -2.16. The van der Waals surface area contributed by atoms with Crippen molar-refractivity contribution in [2.45, 2.75) is 12.8 Å². The Morgan fingerprint density at radius 3 is 2.48 bits per heavy atom. The highest BCUT2D eigenvalue weighted by atomic mass is 16.2. The molecule has 0 saturated carbocycles. The molecule has 0 aliphatic carbocycles. The predicted molar refractivity (Wildman–Crippen MR) is 103 cm³/mol. The van der Waals surface area contributed by atoms with Crippen LogP contribution in [0.2, 0.25) is 0 Å². The second kappa shape index (κ2) is 6.32. The van der Waals surface area contributed by atoms with Crippen LogP contribution in [0.5, 0.6) is 0 Å². The molecule has 4 heterocycles. The van der Waals surface area contributed by atoms with E-state index < -0.39 is 0 Å². The molecule has 0 unspecified atom stereocenters. The highest BCUT2D eigenvalue weighted by Crippen LogP contribution is 2.28. The molecule has 5 rings (SSSR count). The van der Waals surface area contributed by atoms with Gasteiger partial charge in [-0.2, -0.15) is 0 Å². The van der Waals surface area contributed by atoms with E-state index in [2.05, 4.69) is 21.0 Å². The Balaban J connectivity index is 1.47. The van der Waals surface area contributed by atoms with Crippen LogP contribution in [-0.4, -0.2) is 31.8 Å². The van der Waals surface area contributed by atoms with Gasteiger partial charge >= 0.3 is 0 Å². The summed E-state index contributed by atoms with van der Waals surface area (Å²) >= 11 is 0. The largest absolute Gasteiger partial charge is 0.312 e. The van der Waals surface area contributed by atoms with Gasteiger partial charge in [-0.15, -0.1) is 0 Å². The lowest BCUT2D eigenvalue weighted by molar-refractivity contribution is -0.117. The van der Waals surface area contributed by atoms with Crippen LogP contribution in [0.15, 0.2) is 67.5 Å². The average molecular weight is 355 g/mol. The molecule has 132 valence electrons. The normalized spacial score (nSPS) is 14.2. The summed E-state index contributed by atoms with van der Waals surface area (Å²) in [5, 5.41) is 0. The van der Waals surface area contributed by atoms with Gasteiger partial charge in [-0.05, 0) is 30.2 Å². The predicted octanol–water partition coefficient (Wildman–Crippen LogP) is 3.59. The summed E-state index contributed by atoms with van der Waals surface area (Å²) in [7, 11) is 0. The van der Waals surface area contributed by atoms with Crippen molar-refractivity contribution in [2.75, 3.05) is 11.4 Å². The van der Waals surface area contributed by atoms with Gasteiger partial charge in [0.1, 0.15) is 0 Å². The molecule has 1 saturated heterocycles. The monoisotopic (exact) mass is 355 g/mol. The molecular weight excluding hydrogens is 338 g/mol. The lowest BCUT2D eigenvalue weighted by atomic mass is 10.0. The maximum atomic E-state index is 11.9. The maximum absolute atomic E-state index is 11.9. The Morgan fingerprint density at radius 1 is 0.889 bits per heavy atom. The number of hydrogen-bond donors (Lipinski definition) is 0. The first-order chi connectivity index (χ1) is 13.3. The van der Waals surface area contributed by atoms with E-state index in [0.717, 1.165) is 40.9 Å². The standard InChI is InChI=1S/C21H17N5O/c27-20-2-1-8-26(20)19-5-3-15(4-6-19)16-10-17(12-22-11-16)18-13-24-21-23-7-9-25(21)14-18/h3-7,9-14H,1-2,8H2.